The minimum Gasteiger partial charge on any atom is -0.482 e. The van der Waals surface area contributed by atoms with Crippen molar-refractivity contribution in [1.29, 1.82) is 5.26 Å². The van der Waals surface area contributed by atoms with Gasteiger partial charge in [0.15, 0.2) is 11.6 Å². The van der Waals surface area contributed by atoms with E-state index in [0.29, 0.717) is 35.1 Å². The maximum absolute atomic E-state index is 13.8. The van der Waals surface area contributed by atoms with Gasteiger partial charge in [-0.15, -0.1) is 0 Å². The molecule has 2 heterocycles. The van der Waals surface area contributed by atoms with Gasteiger partial charge in [0.2, 0.25) is 0 Å². The Morgan fingerprint density at radius 1 is 1.45 bits per heavy atom. The van der Waals surface area contributed by atoms with E-state index in [1.165, 1.54) is 16.9 Å². The molecule has 0 spiro atoms. The maximum Gasteiger partial charge on any atom is 0.336 e. The Morgan fingerprint density at radius 3 is 2.88 bits per heavy atom. The van der Waals surface area contributed by atoms with Gasteiger partial charge < -0.3 is 20.9 Å². The van der Waals surface area contributed by atoms with Crippen LogP contribution in [0.15, 0.2) is 30.5 Å². The fourth-order valence-electron chi connectivity index (χ4n) is 3.67. The molecule has 9 nitrogen and oxygen atoms in total. The van der Waals surface area contributed by atoms with Crippen LogP contribution >= 0.6 is 0 Å². The first-order valence-corrected chi connectivity index (χ1v) is 10.4. The first-order chi connectivity index (χ1) is 15.8. The van der Waals surface area contributed by atoms with Gasteiger partial charge >= 0.3 is 5.97 Å². The second-order valence-electron chi connectivity index (χ2n) is 7.97. The Labute approximate surface area is 189 Å². The van der Waals surface area contributed by atoms with E-state index in [1.807, 2.05) is 0 Å². The number of hydrogen-bond donors (Lipinski definition) is 3. The molecule has 1 fully saturated rings. The third-order valence-electron chi connectivity index (χ3n) is 5.52. The average Bonchev–Trinajstić information content (AvgIpc) is 3.55. The van der Waals surface area contributed by atoms with Crippen molar-refractivity contribution in [3.63, 3.8) is 0 Å². The molecule has 3 aromatic rings. The smallest absolute Gasteiger partial charge is 0.336 e. The summed E-state index contributed by atoms with van der Waals surface area (Å²) >= 11 is 0. The van der Waals surface area contributed by atoms with Crippen molar-refractivity contribution in [1.82, 2.24) is 20.1 Å². The van der Waals surface area contributed by atoms with Crippen LogP contribution in [0.5, 0.6) is 5.75 Å². The number of carbonyl (C=O) groups is 1. The molecule has 4 N–H and O–H groups in total. The van der Waals surface area contributed by atoms with Crippen LogP contribution in [0, 0.1) is 17.1 Å². The number of anilines is 1. The second-order valence-corrected chi connectivity index (χ2v) is 7.97. The van der Waals surface area contributed by atoms with Crippen molar-refractivity contribution in [2.24, 2.45) is 7.05 Å². The van der Waals surface area contributed by atoms with Gasteiger partial charge in [-0.2, -0.15) is 10.4 Å². The van der Waals surface area contributed by atoms with Gasteiger partial charge in [0.25, 0.3) is 0 Å². The van der Waals surface area contributed by atoms with E-state index in [0.717, 1.165) is 25.0 Å². The molecule has 0 amide bonds. The molecule has 1 atom stereocenters. The predicted molar refractivity (Wildman–Crippen MR) is 118 cm³/mol. The third-order valence-corrected chi connectivity index (χ3v) is 5.52. The first-order valence-electron chi connectivity index (χ1n) is 10.4. The number of carboxylic acids is 1. The summed E-state index contributed by atoms with van der Waals surface area (Å²) in [4.78, 5) is 15.8. The molecule has 170 valence electrons. The molecule has 4 rings (SSSR count). The third kappa shape index (κ3) is 4.63. The lowest BCUT2D eigenvalue weighted by atomic mass is 10.0. The Balaban J connectivity index is 1.69. The highest BCUT2D eigenvalue weighted by atomic mass is 19.1. The number of carboxylic acid groups (broad SMARTS) is 1. The van der Waals surface area contributed by atoms with E-state index in [4.69, 9.17) is 10.5 Å². The number of aromatic carboxylic acids is 1. The number of ether oxygens (including phenoxy) is 1. The summed E-state index contributed by atoms with van der Waals surface area (Å²) in [5.74, 6) is -1.50. The van der Waals surface area contributed by atoms with Gasteiger partial charge in [-0.25, -0.2) is 14.2 Å². The average molecular weight is 450 g/mol. The maximum atomic E-state index is 13.8. The van der Waals surface area contributed by atoms with Crippen LogP contribution in [0.1, 0.15) is 53.2 Å². The lowest BCUT2D eigenvalue weighted by Gasteiger charge is -2.18. The lowest BCUT2D eigenvalue weighted by molar-refractivity contribution is 0.0691. The normalized spacial score (nSPS) is 14.0. The number of aryl methyl sites for hydroxylation is 1. The standard InChI is InChI=1S/C23H23FN6O3/c1-12(17-8-14(24)3-6-16(17)23(31)32)33-20-7-13(10-28-22(20)26)21-18(11-27-15-4-5-15)29-30(2)19(21)9-25/h3,6-8,10,12,15,27H,4-5,11H2,1-2H3,(H2,26,28)(H,31,32). The Bertz CT molecular complexity index is 1260. The minimum atomic E-state index is -1.19. The van der Waals surface area contributed by atoms with Crippen LogP contribution in [0.25, 0.3) is 11.1 Å². The van der Waals surface area contributed by atoms with Crippen molar-refractivity contribution in [3.05, 3.63) is 58.8 Å². The van der Waals surface area contributed by atoms with Crippen LogP contribution < -0.4 is 15.8 Å². The van der Waals surface area contributed by atoms with E-state index in [2.05, 4.69) is 21.5 Å². The van der Waals surface area contributed by atoms with Crippen molar-refractivity contribution in [2.75, 3.05) is 5.73 Å². The highest BCUT2D eigenvalue weighted by Crippen LogP contribution is 2.34. The number of nitrogens with one attached hydrogen (secondary N) is 1. The SMILES string of the molecule is CC(Oc1cc(-c2c(CNC3CC3)nn(C)c2C#N)cnc1N)c1cc(F)ccc1C(=O)O. The predicted octanol–water partition coefficient (Wildman–Crippen LogP) is 3.17. The Kier molecular flexibility index (Phi) is 5.98. The number of aromatic nitrogens is 3. The molecule has 0 aliphatic heterocycles. The van der Waals surface area contributed by atoms with Gasteiger partial charge in [0.05, 0.1) is 11.3 Å². The van der Waals surface area contributed by atoms with Crippen molar-refractivity contribution < 1.29 is 19.0 Å². The fraction of sp³-hybridized carbons (Fsp3) is 0.304. The molecule has 1 unspecified atom stereocenters. The largest absolute Gasteiger partial charge is 0.482 e. The van der Waals surface area contributed by atoms with Crippen LogP contribution in [-0.2, 0) is 13.6 Å². The zero-order valence-electron chi connectivity index (χ0n) is 18.2. The Hall–Kier alpha value is -3.97. The highest BCUT2D eigenvalue weighted by Gasteiger charge is 2.25. The zero-order valence-corrected chi connectivity index (χ0v) is 18.2. The molecule has 10 heteroatoms. The summed E-state index contributed by atoms with van der Waals surface area (Å²) in [6.45, 7) is 2.10. The number of halogens is 1. The zero-order chi connectivity index (χ0) is 23.7. The van der Waals surface area contributed by atoms with Gasteiger partial charge in [0, 0.05) is 42.5 Å². The van der Waals surface area contributed by atoms with Crippen molar-refractivity contribution in [2.45, 2.75) is 38.5 Å². The van der Waals surface area contributed by atoms with Gasteiger partial charge in [-0.05, 0) is 44.0 Å². The summed E-state index contributed by atoms with van der Waals surface area (Å²) in [5, 5.41) is 27.0. The number of nitriles is 1. The highest BCUT2D eigenvalue weighted by molar-refractivity contribution is 5.89. The van der Waals surface area contributed by atoms with Gasteiger partial charge in [0.1, 0.15) is 23.7 Å². The summed E-state index contributed by atoms with van der Waals surface area (Å²) in [5.41, 5.74) is 8.39. The topological polar surface area (TPSA) is 139 Å². The number of pyridine rings is 1. The summed E-state index contributed by atoms with van der Waals surface area (Å²) < 4.78 is 21.2. The molecule has 0 bridgehead atoms. The monoisotopic (exact) mass is 450 g/mol. The number of nitrogen functional groups attached to an aromatic ring is 1. The fourth-order valence-corrected chi connectivity index (χ4v) is 3.67. The first kappa shape index (κ1) is 22.2. The molecule has 1 saturated carbocycles. The molecular weight excluding hydrogens is 427 g/mol. The number of benzene rings is 1. The lowest BCUT2D eigenvalue weighted by Crippen LogP contribution is -2.16. The molecule has 2 aromatic heterocycles. The summed E-state index contributed by atoms with van der Waals surface area (Å²) in [7, 11) is 1.70. The van der Waals surface area contributed by atoms with E-state index in [1.54, 1.807) is 20.0 Å². The van der Waals surface area contributed by atoms with Crippen LogP contribution in [0.4, 0.5) is 10.2 Å². The molecule has 33 heavy (non-hydrogen) atoms. The van der Waals surface area contributed by atoms with Crippen LogP contribution in [0.2, 0.25) is 0 Å². The summed E-state index contributed by atoms with van der Waals surface area (Å²) in [6, 6.07) is 7.68. The summed E-state index contributed by atoms with van der Waals surface area (Å²) in [6.07, 6.45) is 2.94. The van der Waals surface area contributed by atoms with Crippen molar-refractivity contribution >= 4 is 11.8 Å². The number of nitrogens with two attached hydrogens (primary N) is 1. The van der Waals surface area contributed by atoms with Crippen molar-refractivity contribution in [3.8, 4) is 22.9 Å². The van der Waals surface area contributed by atoms with E-state index >= 15 is 0 Å². The number of hydrogen-bond acceptors (Lipinski definition) is 7. The molecule has 0 radical (unpaired) electrons. The van der Waals surface area contributed by atoms with Crippen LogP contribution in [-0.4, -0.2) is 31.9 Å². The molecule has 1 aliphatic rings. The second kappa shape index (κ2) is 8.88. The van der Waals surface area contributed by atoms with Crippen LogP contribution in [0.3, 0.4) is 0 Å². The van der Waals surface area contributed by atoms with E-state index < -0.39 is 17.9 Å². The number of rotatable bonds is 8. The van der Waals surface area contributed by atoms with Gasteiger partial charge in [-0.3, -0.25) is 4.68 Å². The molecule has 1 aliphatic carbocycles. The van der Waals surface area contributed by atoms with Gasteiger partial charge in [-0.1, -0.05) is 0 Å². The van der Waals surface area contributed by atoms with E-state index in [-0.39, 0.29) is 22.7 Å². The molecule has 1 aromatic carbocycles. The Morgan fingerprint density at radius 2 is 2.21 bits per heavy atom. The quantitative estimate of drug-likeness (QED) is 0.476. The molecular formula is C23H23FN6O3. The van der Waals surface area contributed by atoms with E-state index in [9.17, 15) is 19.6 Å². The minimum absolute atomic E-state index is 0.0703. The molecule has 0 saturated heterocycles. The number of nitrogens with zero attached hydrogens (tertiary/aromatic N) is 4.